The molecule has 0 amide bonds. The molecule has 0 bridgehead atoms. The summed E-state index contributed by atoms with van der Waals surface area (Å²) in [6, 6.07) is 8.30. The Labute approximate surface area is 139 Å². The third-order valence-electron chi connectivity index (χ3n) is 2.72. The first-order chi connectivity index (χ1) is 9.11. The molecule has 1 nitrogen and oxygen atoms in total. The Kier molecular flexibility index (Phi) is 5.90. The number of rotatable bonds is 5. The maximum Gasteiger partial charge on any atom is 0.0683 e. The lowest BCUT2D eigenvalue weighted by atomic mass is 10.1. The normalized spacial score (nSPS) is 12.6. The molecule has 1 aromatic heterocycles. The second-order valence-electron chi connectivity index (χ2n) is 4.22. The topological polar surface area (TPSA) is 12.0 Å². The fraction of sp³-hybridized carbons (Fsp3) is 0.286. The molecule has 2 rings (SSSR count). The summed E-state index contributed by atoms with van der Waals surface area (Å²) < 4.78 is 2.15. The van der Waals surface area contributed by atoms with Crippen LogP contribution in [0.5, 0.6) is 0 Å². The van der Waals surface area contributed by atoms with Crippen molar-refractivity contribution in [1.29, 1.82) is 0 Å². The zero-order chi connectivity index (χ0) is 13.8. The van der Waals surface area contributed by atoms with Gasteiger partial charge in [-0.3, -0.25) is 0 Å². The minimum Gasteiger partial charge on any atom is -0.306 e. The van der Waals surface area contributed by atoms with Crippen molar-refractivity contribution in [3.8, 4) is 0 Å². The van der Waals surface area contributed by atoms with Crippen molar-refractivity contribution >= 4 is 54.8 Å². The first-order valence-corrected chi connectivity index (χ1v) is 8.88. The van der Waals surface area contributed by atoms with Crippen molar-refractivity contribution in [1.82, 2.24) is 5.32 Å². The summed E-state index contributed by atoms with van der Waals surface area (Å²) in [4.78, 5) is 1.28. The molecule has 1 unspecified atom stereocenters. The number of hydrogen-bond donors (Lipinski definition) is 1. The van der Waals surface area contributed by atoms with E-state index < -0.39 is 0 Å². The average molecular weight is 424 g/mol. The standard InChI is InChI=1S/C14H14Br2ClNS/c1-2-4-18-13(14-12(16)3-5-19-14)9-6-10(15)8-11(17)7-9/h3,5-8,13,18H,2,4H2,1H3. The van der Waals surface area contributed by atoms with E-state index in [0.717, 1.165) is 26.9 Å². The number of halogens is 3. The summed E-state index contributed by atoms with van der Waals surface area (Å²) in [5.41, 5.74) is 1.18. The van der Waals surface area contributed by atoms with Crippen LogP contribution in [-0.4, -0.2) is 6.54 Å². The van der Waals surface area contributed by atoms with Gasteiger partial charge in [-0.15, -0.1) is 11.3 Å². The van der Waals surface area contributed by atoms with Gasteiger partial charge in [0.1, 0.15) is 0 Å². The molecular formula is C14H14Br2ClNS. The summed E-state index contributed by atoms with van der Waals surface area (Å²) in [5.74, 6) is 0. The highest BCUT2D eigenvalue weighted by molar-refractivity contribution is 9.10. The Morgan fingerprint density at radius 3 is 2.68 bits per heavy atom. The third-order valence-corrected chi connectivity index (χ3v) is 5.34. The average Bonchev–Trinajstić information content (AvgIpc) is 2.75. The molecular weight excluding hydrogens is 409 g/mol. The van der Waals surface area contributed by atoms with E-state index in [0.29, 0.717) is 0 Å². The zero-order valence-corrected chi connectivity index (χ0v) is 15.2. The van der Waals surface area contributed by atoms with Crippen LogP contribution in [0.1, 0.15) is 29.8 Å². The van der Waals surface area contributed by atoms with Gasteiger partial charge in [0.2, 0.25) is 0 Å². The monoisotopic (exact) mass is 421 g/mol. The molecule has 19 heavy (non-hydrogen) atoms. The fourth-order valence-corrected chi connectivity index (χ4v) is 4.49. The van der Waals surface area contributed by atoms with Gasteiger partial charge in [-0.05, 0) is 64.1 Å². The number of hydrogen-bond acceptors (Lipinski definition) is 2. The van der Waals surface area contributed by atoms with Crippen molar-refractivity contribution in [3.63, 3.8) is 0 Å². The molecule has 0 saturated heterocycles. The molecule has 0 aliphatic carbocycles. The maximum absolute atomic E-state index is 6.16. The summed E-state index contributed by atoms with van der Waals surface area (Å²) >= 11 is 15.0. The smallest absolute Gasteiger partial charge is 0.0683 e. The SMILES string of the molecule is CCCNC(c1cc(Cl)cc(Br)c1)c1sccc1Br. The molecule has 2 aromatic rings. The lowest BCUT2D eigenvalue weighted by Gasteiger charge is -2.19. The van der Waals surface area contributed by atoms with E-state index in [-0.39, 0.29) is 6.04 Å². The van der Waals surface area contributed by atoms with Gasteiger partial charge in [-0.25, -0.2) is 0 Å². The van der Waals surface area contributed by atoms with E-state index in [1.807, 2.05) is 12.1 Å². The second-order valence-corrected chi connectivity index (χ2v) is 7.38. The van der Waals surface area contributed by atoms with Crippen molar-refractivity contribution in [2.24, 2.45) is 0 Å². The predicted molar refractivity (Wildman–Crippen MR) is 91.3 cm³/mol. The van der Waals surface area contributed by atoms with E-state index in [2.05, 4.69) is 61.6 Å². The maximum atomic E-state index is 6.16. The molecule has 0 aliphatic heterocycles. The van der Waals surface area contributed by atoms with Crippen molar-refractivity contribution in [3.05, 3.63) is 54.1 Å². The Balaban J connectivity index is 2.39. The summed E-state index contributed by atoms with van der Waals surface area (Å²) in [6.45, 7) is 3.14. The molecule has 1 N–H and O–H groups in total. The Morgan fingerprint density at radius 1 is 1.32 bits per heavy atom. The highest BCUT2D eigenvalue weighted by Crippen LogP contribution is 2.35. The van der Waals surface area contributed by atoms with Crippen LogP contribution in [0, 0.1) is 0 Å². The Hall–Kier alpha value is 0.130. The van der Waals surface area contributed by atoms with Gasteiger partial charge < -0.3 is 5.32 Å². The molecule has 0 spiro atoms. The van der Waals surface area contributed by atoms with Crippen molar-refractivity contribution < 1.29 is 0 Å². The quantitative estimate of drug-likeness (QED) is 0.620. The van der Waals surface area contributed by atoms with Crippen LogP contribution in [0.15, 0.2) is 38.6 Å². The van der Waals surface area contributed by atoms with Gasteiger partial charge in [-0.1, -0.05) is 34.5 Å². The lowest BCUT2D eigenvalue weighted by molar-refractivity contribution is 0.604. The minimum absolute atomic E-state index is 0.171. The molecule has 1 atom stereocenters. The third kappa shape index (κ3) is 4.05. The highest BCUT2D eigenvalue weighted by Gasteiger charge is 2.18. The molecule has 5 heteroatoms. The van der Waals surface area contributed by atoms with Gasteiger partial charge >= 0.3 is 0 Å². The van der Waals surface area contributed by atoms with Gasteiger partial charge in [0.15, 0.2) is 0 Å². The van der Waals surface area contributed by atoms with Crippen LogP contribution < -0.4 is 5.32 Å². The Bertz CT molecular complexity index is 536. The first-order valence-electron chi connectivity index (χ1n) is 6.04. The van der Waals surface area contributed by atoms with Crippen LogP contribution >= 0.6 is 54.8 Å². The van der Waals surface area contributed by atoms with Crippen LogP contribution in [0.2, 0.25) is 5.02 Å². The molecule has 0 saturated carbocycles. The van der Waals surface area contributed by atoms with Crippen LogP contribution in [0.25, 0.3) is 0 Å². The summed E-state index contributed by atoms with van der Waals surface area (Å²) in [6.07, 6.45) is 1.10. The lowest BCUT2D eigenvalue weighted by Crippen LogP contribution is -2.22. The second kappa shape index (κ2) is 7.23. The fourth-order valence-electron chi connectivity index (χ4n) is 1.90. The van der Waals surface area contributed by atoms with Crippen LogP contribution in [0.4, 0.5) is 0 Å². The van der Waals surface area contributed by atoms with Gasteiger partial charge in [0.25, 0.3) is 0 Å². The molecule has 1 aromatic carbocycles. The minimum atomic E-state index is 0.171. The van der Waals surface area contributed by atoms with Crippen LogP contribution in [-0.2, 0) is 0 Å². The predicted octanol–water partition coefficient (Wildman–Crippen LogP) is 6.02. The molecule has 1 heterocycles. The van der Waals surface area contributed by atoms with Crippen LogP contribution in [0.3, 0.4) is 0 Å². The molecule has 0 radical (unpaired) electrons. The summed E-state index contributed by atoms with van der Waals surface area (Å²) in [5, 5.41) is 6.43. The van der Waals surface area contributed by atoms with Gasteiger partial charge in [0, 0.05) is 18.8 Å². The van der Waals surface area contributed by atoms with E-state index >= 15 is 0 Å². The van der Waals surface area contributed by atoms with E-state index in [1.165, 1.54) is 10.4 Å². The van der Waals surface area contributed by atoms with Crippen molar-refractivity contribution in [2.45, 2.75) is 19.4 Å². The zero-order valence-electron chi connectivity index (χ0n) is 10.4. The van der Waals surface area contributed by atoms with Gasteiger partial charge in [0.05, 0.1) is 6.04 Å². The van der Waals surface area contributed by atoms with E-state index in [1.54, 1.807) is 11.3 Å². The van der Waals surface area contributed by atoms with Gasteiger partial charge in [-0.2, -0.15) is 0 Å². The molecule has 0 fully saturated rings. The van der Waals surface area contributed by atoms with E-state index in [4.69, 9.17) is 11.6 Å². The number of thiophene rings is 1. The van der Waals surface area contributed by atoms with E-state index in [9.17, 15) is 0 Å². The number of benzene rings is 1. The molecule has 102 valence electrons. The molecule has 0 aliphatic rings. The first kappa shape index (κ1) is 15.5. The Morgan fingerprint density at radius 2 is 2.11 bits per heavy atom. The largest absolute Gasteiger partial charge is 0.306 e. The number of nitrogens with one attached hydrogen (secondary N) is 1. The summed E-state index contributed by atoms with van der Waals surface area (Å²) in [7, 11) is 0. The van der Waals surface area contributed by atoms with Crippen molar-refractivity contribution in [2.75, 3.05) is 6.54 Å². The highest BCUT2D eigenvalue weighted by atomic mass is 79.9.